The molecule has 0 aliphatic heterocycles. The van der Waals surface area contributed by atoms with E-state index in [4.69, 9.17) is 4.74 Å². The van der Waals surface area contributed by atoms with Gasteiger partial charge in [0.05, 0.1) is 11.9 Å². The van der Waals surface area contributed by atoms with Crippen LogP contribution in [-0.4, -0.2) is 30.8 Å². The number of fused-ring (bicyclic) bond motifs is 1. The average Bonchev–Trinajstić information content (AvgIpc) is 3.28. The van der Waals surface area contributed by atoms with Gasteiger partial charge in [-0.15, -0.1) is 0 Å². The first-order chi connectivity index (χ1) is 16.2. The van der Waals surface area contributed by atoms with E-state index in [0.717, 1.165) is 22.4 Å². The molecule has 160 valence electrons. The maximum absolute atomic E-state index is 11.5. The second-order valence-electron chi connectivity index (χ2n) is 7.10. The van der Waals surface area contributed by atoms with Crippen LogP contribution in [0.15, 0.2) is 92.2 Å². The van der Waals surface area contributed by atoms with Crippen molar-refractivity contribution in [1.29, 1.82) is 0 Å². The highest BCUT2D eigenvalue weighted by atomic mass is 16.5. The van der Waals surface area contributed by atoms with Gasteiger partial charge in [0.25, 0.3) is 0 Å². The van der Waals surface area contributed by atoms with Gasteiger partial charge in [0.15, 0.2) is 5.65 Å². The number of ether oxygens (including phenoxy) is 1. The highest BCUT2D eigenvalue weighted by Gasteiger charge is 2.12. The molecule has 0 bridgehead atoms. The third-order valence-corrected chi connectivity index (χ3v) is 4.90. The number of pyridine rings is 2. The van der Waals surface area contributed by atoms with Gasteiger partial charge in [-0.2, -0.15) is 0 Å². The Kier molecular flexibility index (Phi) is 5.30. The van der Waals surface area contributed by atoms with Crippen molar-refractivity contribution in [2.45, 2.75) is 0 Å². The number of aromatic amines is 1. The molecule has 8 nitrogen and oxygen atoms in total. The molecule has 5 rings (SSSR count). The first-order valence-electron chi connectivity index (χ1n) is 10.1. The second-order valence-corrected chi connectivity index (χ2v) is 7.10. The maximum atomic E-state index is 11.5. The zero-order valence-corrected chi connectivity index (χ0v) is 17.4. The minimum atomic E-state index is -0.298. The van der Waals surface area contributed by atoms with Crippen molar-refractivity contribution in [3.05, 3.63) is 92.2 Å². The summed E-state index contributed by atoms with van der Waals surface area (Å²) in [5.41, 5.74) is 5.44. The molecule has 0 aliphatic carbocycles. The van der Waals surface area contributed by atoms with Crippen molar-refractivity contribution in [2.24, 2.45) is 0 Å². The predicted octanol–water partition coefficient (Wildman–Crippen LogP) is 5.00. The van der Waals surface area contributed by atoms with E-state index >= 15 is 0 Å². The molecule has 0 fully saturated rings. The Morgan fingerprint density at radius 2 is 1.97 bits per heavy atom. The van der Waals surface area contributed by atoms with Gasteiger partial charge < -0.3 is 15.0 Å². The molecule has 0 radical (unpaired) electrons. The number of amides is 1. The van der Waals surface area contributed by atoms with E-state index in [1.807, 2.05) is 30.5 Å². The number of carbonyl (C=O) groups excluding carboxylic acids is 1. The molecule has 8 heteroatoms. The number of H-pyrrole nitrogens is 1. The first kappa shape index (κ1) is 20.1. The standard InChI is InChI=1S/C25H18N6O2/c1-2-22(32)30-18-6-3-7-19(11-18)33-23-15-29-25-24(31-23)20(14-28-25)16-8-9-21(27-13-16)17-5-4-10-26-12-17/h2-15H,1H2,(H,28,29)(H,30,32). The fourth-order valence-corrected chi connectivity index (χ4v) is 3.33. The average molecular weight is 434 g/mol. The minimum Gasteiger partial charge on any atom is -0.437 e. The van der Waals surface area contributed by atoms with Crippen LogP contribution in [0.25, 0.3) is 33.5 Å². The number of carbonyl (C=O) groups is 1. The van der Waals surface area contributed by atoms with Crippen LogP contribution in [0.5, 0.6) is 11.6 Å². The zero-order valence-electron chi connectivity index (χ0n) is 17.4. The summed E-state index contributed by atoms with van der Waals surface area (Å²) in [5, 5.41) is 2.70. The summed E-state index contributed by atoms with van der Waals surface area (Å²) in [6, 6.07) is 14.8. The lowest BCUT2D eigenvalue weighted by Gasteiger charge is -2.08. The lowest BCUT2D eigenvalue weighted by molar-refractivity contribution is -0.111. The molecule has 0 spiro atoms. The summed E-state index contributed by atoms with van der Waals surface area (Å²) in [4.78, 5) is 32.4. The summed E-state index contributed by atoms with van der Waals surface area (Å²) in [6.07, 6.45) is 9.91. The van der Waals surface area contributed by atoms with Crippen molar-refractivity contribution in [3.63, 3.8) is 0 Å². The van der Waals surface area contributed by atoms with Crippen molar-refractivity contribution in [2.75, 3.05) is 5.32 Å². The van der Waals surface area contributed by atoms with Crippen LogP contribution >= 0.6 is 0 Å². The Hall–Kier alpha value is -4.85. The van der Waals surface area contributed by atoms with Crippen LogP contribution in [0, 0.1) is 0 Å². The Bertz CT molecular complexity index is 1450. The molecule has 0 atom stereocenters. The summed E-state index contributed by atoms with van der Waals surface area (Å²) in [6.45, 7) is 3.45. The lowest BCUT2D eigenvalue weighted by atomic mass is 10.1. The molecule has 2 N–H and O–H groups in total. The van der Waals surface area contributed by atoms with Crippen LogP contribution in [0.1, 0.15) is 0 Å². The highest BCUT2D eigenvalue weighted by molar-refractivity contribution is 5.99. The monoisotopic (exact) mass is 434 g/mol. The third kappa shape index (κ3) is 4.31. The van der Waals surface area contributed by atoms with Crippen LogP contribution < -0.4 is 10.1 Å². The van der Waals surface area contributed by atoms with Gasteiger partial charge in [-0.25, -0.2) is 9.97 Å². The fraction of sp³-hybridized carbons (Fsp3) is 0. The van der Waals surface area contributed by atoms with Gasteiger partial charge >= 0.3 is 0 Å². The Morgan fingerprint density at radius 1 is 1.03 bits per heavy atom. The first-order valence-corrected chi connectivity index (χ1v) is 10.1. The van der Waals surface area contributed by atoms with E-state index in [1.165, 1.54) is 6.08 Å². The minimum absolute atomic E-state index is 0.298. The van der Waals surface area contributed by atoms with E-state index in [9.17, 15) is 4.79 Å². The van der Waals surface area contributed by atoms with Crippen LogP contribution in [0.3, 0.4) is 0 Å². The van der Waals surface area contributed by atoms with E-state index in [0.29, 0.717) is 28.5 Å². The fourth-order valence-electron chi connectivity index (χ4n) is 3.33. The Balaban J connectivity index is 1.42. The van der Waals surface area contributed by atoms with Gasteiger partial charge in [-0.1, -0.05) is 18.7 Å². The van der Waals surface area contributed by atoms with Gasteiger partial charge in [0.2, 0.25) is 11.8 Å². The van der Waals surface area contributed by atoms with Crippen molar-refractivity contribution in [1.82, 2.24) is 24.9 Å². The summed E-state index contributed by atoms with van der Waals surface area (Å²) in [7, 11) is 0. The molecule has 1 aromatic carbocycles. The Labute approximate surface area is 189 Å². The Morgan fingerprint density at radius 3 is 2.76 bits per heavy atom. The maximum Gasteiger partial charge on any atom is 0.247 e. The van der Waals surface area contributed by atoms with Gasteiger partial charge in [-0.05, 0) is 36.4 Å². The van der Waals surface area contributed by atoms with Gasteiger partial charge in [-0.3, -0.25) is 14.8 Å². The summed E-state index contributed by atoms with van der Waals surface area (Å²) >= 11 is 0. The number of rotatable bonds is 6. The highest BCUT2D eigenvalue weighted by Crippen LogP contribution is 2.30. The quantitative estimate of drug-likeness (QED) is 0.364. The molecular formula is C25H18N6O2. The molecule has 5 aromatic rings. The second kappa shape index (κ2) is 8.72. The van der Waals surface area contributed by atoms with E-state index < -0.39 is 0 Å². The topological polar surface area (TPSA) is 106 Å². The molecule has 0 aliphatic rings. The molecule has 0 unspecified atom stereocenters. The third-order valence-electron chi connectivity index (χ3n) is 4.90. The van der Waals surface area contributed by atoms with E-state index in [1.54, 1.807) is 49.1 Å². The van der Waals surface area contributed by atoms with Gasteiger partial charge in [0.1, 0.15) is 11.3 Å². The number of hydrogen-bond acceptors (Lipinski definition) is 6. The smallest absolute Gasteiger partial charge is 0.247 e. The van der Waals surface area contributed by atoms with Crippen molar-refractivity contribution >= 4 is 22.8 Å². The molecule has 4 heterocycles. The number of nitrogens with zero attached hydrogens (tertiary/aromatic N) is 4. The van der Waals surface area contributed by atoms with E-state index in [2.05, 4.69) is 36.8 Å². The molecular weight excluding hydrogens is 416 g/mol. The molecule has 0 saturated carbocycles. The summed E-state index contributed by atoms with van der Waals surface area (Å²) in [5.74, 6) is 0.550. The molecule has 1 amide bonds. The number of benzene rings is 1. The largest absolute Gasteiger partial charge is 0.437 e. The van der Waals surface area contributed by atoms with Crippen LogP contribution in [0.4, 0.5) is 5.69 Å². The normalized spacial score (nSPS) is 10.7. The number of hydrogen-bond donors (Lipinski definition) is 2. The van der Waals surface area contributed by atoms with Gasteiger partial charge in [0, 0.05) is 53.2 Å². The lowest BCUT2D eigenvalue weighted by Crippen LogP contribution is -2.07. The number of aromatic nitrogens is 5. The molecule has 4 aromatic heterocycles. The number of nitrogens with one attached hydrogen (secondary N) is 2. The van der Waals surface area contributed by atoms with Crippen LogP contribution in [-0.2, 0) is 4.79 Å². The van der Waals surface area contributed by atoms with Crippen LogP contribution in [0.2, 0.25) is 0 Å². The SMILES string of the molecule is C=CC(=O)Nc1cccc(Oc2cnc3[nH]cc(-c4ccc(-c5cccnc5)nc4)c3n2)c1. The number of anilines is 1. The van der Waals surface area contributed by atoms with E-state index in [-0.39, 0.29) is 5.91 Å². The predicted molar refractivity (Wildman–Crippen MR) is 126 cm³/mol. The molecule has 33 heavy (non-hydrogen) atoms. The summed E-state index contributed by atoms with van der Waals surface area (Å²) < 4.78 is 5.89. The molecule has 0 saturated heterocycles. The van der Waals surface area contributed by atoms with Crippen molar-refractivity contribution < 1.29 is 9.53 Å². The zero-order chi connectivity index (χ0) is 22.6. The van der Waals surface area contributed by atoms with Crippen molar-refractivity contribution in [3.8, 4) is 34.0 Å².